The predicted octanol–water partition coefficient (Wildman–Crippen LogP) is 6.33. The van der Waals surface area contributed by atoms with E-state index < -0.39 is 71.2 Å². The van der Waals surface area contributed by atoms with Crippen molar-refractivity contribution in [2.75, 3.05) is 40.8 Å². The molecular formula is C39H67N6O10P. The van der Waals surface area contributed by atoms with Crippen molar-refractivity contribution in [2.24, 2.45) is 17.0 Å². The number of carbonyl (C=O) groups is 2. The highest BCUT2D eigenvalue weighted by molar-refractivity contribution is 7.25. The zero-order valence-corrected chi connectivity index (χ0v) is 36.4. The smallest absolute Gasteiger partial charge is 0.410 e. The van der Waals surface area contributed by atoms with Crippen LogP contribution in [0.25, 0.3) is 10.4 Å². The summed E-state index contributed by atoms with van der Waals surface area (Å²) in [5.41, 5.74) is 6.26. The number of nitrogens with one attached hydrogen (secondary N) is 1. The monoisotopic (exact) mass is 810 g/mol. The molecule has 1 amide bonds. The fourth-order valence-corrected chi connectivity index (χ4v) is 9.24. The normalized spacial score (nSPS) is 30.4. The van der Waals surface area contributed by atoms with E-state index in [1.807, 2.05) is 46.7 Å². The third-order valence-corrected chi connectivity index (χ3v) is 12.3. The highest BCUT2D eigenvalue weighted by Crippen LogP contribution is 2.42. The molecule has 0 aromatic rings. The molecule has 12 atom stereocenters. The Labute approximate surface area is 334 Å². The van der Waals surface area contributed by atoms with E-state index in [0.29, 0.717) is 63.1 Å². The zero-order valence-electron chi connectivity index (χ0n) is 35.5. The Hall–Kier alpha value is -2.81. The minimum atomic E-state index is -1.22. The van der Waals surface area contributed by atoms with E-state index in [2.05, 4.69) is 28.8 Å². The fraction of sp³-hybridized carbons (Fsp3) is 0.846. The van der Waals surface area contributed by atoms with E-state index in [1.165, 1.54) is 0 Å². The molecular weight excluding hydrogens is 743 g/mol. The maximum atomic E-state index is 13.3. The molecule has 17 heteroatoms. The van der Waals surface area contributed by atoms with Gasteiger partial charge in [0, 0.05) is 57.0 Å². The van der Waals surface area contributed by atoms with Crippen LogP contribution in [-0.2, 0) is 37.8 Å². The number of esters is 1. The number of hydrogen-bond acceptors (Lipinski definition) is 13. The van der Waals surface area contributed by atoms with Crippen LogP contribution in [-0.4, -0.2) is 133 Å². The second-order valence-corrected chi connectivity index (χ2v) is 17.5. The van der Waals surface area contributed by atoms with Gasteiger partial charge in [-0.1, -0.05) is 32.0 Å². The Bertz CT molecular complexity index is 1460. The van der Waals surface area contributed by atoms with Gasteiger partial charge in [-0.05, 0) is 91.9 Å². The lowest BCUT2D eigenvalue weighted by Crippen LogP contribution is -2.60. The van der Waals surface area contributed by atoms with Gasteiger partial charge < -0.3 is 43.7 Å². The maximum absolute atomic E-state index is 13.3. The molecule has 16 nitrogen and oxygen atoms in total. The molecule has 3 rings (SSSR count). The van der Waals surface area contributed by atoms with Crippen molar-refractivity contribution in [1.82, 2.24) is 15.1 Å². The predicted molar refractivity (Wildman–Crippen MR) is 212 cm³/mol. The first-order chi connectivity index (χ1) is 26.2. The van der Waals surface area contributed by atoms with Gasteiger partial charge in [-0.25, -0.2) is 9.59 Å². The van der Waals surface area contributed by atoms with Crippen LogP contribution in [0.1, 0.15) is 94.4 Å². The van der Waals surface area contributed by atoms with E-state index in [0.717, 1.165) is 0 Å². The van der Waals surface area contributed by atoms with Crippen LogP contribution in [0.5, 0.6) is 0 Å². The summed E-state index contributed by atoms with van der Waals surface area (Å²) in [4.78, 5) is 32.8. The summed E-state index contributed by atoms with van der Waals surface area (Å²) in [6.07, 6.45) is 1.14. The number of methoxy groups -OCH3 is 1. The minimum absolute atomic E-state index is 0.0729. The third-order valence-electron chi connectivity index (χ3n) is 11.5. The lowest BCUT2D eigenvalue weighted by molar-refractivity contribution is -0.266. The number of cyclic esters (lactones) is 2. The Balaban J connectivity index is 1.96. The molecule has 0 spiro atoms. The van der Waals surface area contributed by atoms with Crippen molar-refractivity contribution in [3.05, 3.63) is 34.4 Å². The van der Waals surface area contributed by atoms with Crippen molar-refractivity contribution in [2.45, 2.75) is 160 Å². The quantitative estimate of drug-likeness (QED) is 0.0235. The third kappa shape index (κ3) is 11.0. The number of hydrogen-bond donors (Lipinski definition) is 2. The van der Waals surface area contributed by atoms with E-state index >= 15 is 0 Å². The first kappa shape index (κ1) is 47.6. The van der Waals surface area contributed by atoms with Crippen molar-refractivity contribution >= 4 is 20.5 Å². The summed E-state index contributed by atoms with van der Waals surface area (Å²) in [6, 6.07) is -1.14. The molecule has 0 aromatic heterocycles. The Morgan fingerprint density at radius 1 is 1.23 bits per heavy atom. The number of aliphatic hydroxyl groups is 1. The molecule has 2 fully saturated rings. The van der Waals surface area contributed by atoms with Gasteiger partial charge in [-0.15, -0.1) is 6.58 Å². The van der Waals surface area contributed by atoms with Gasteiger partial charge >= 0.3 is 12.1 Å². The van der Waals surface area contributed by atoms with Gasteiger partial charge in [0.15, 0.2) is 20.4 Å². The molecule has 318 valence electrons. The molecule has 56 heavy (non-hydrogen) atoms. The number of carbonyl (C=O) groups excluding carboxylic acids is 2. The summed E-state index contributed by atoms with van der Waals surface area (Å²) >= 11 is 0. The number of aliphatic hydroxyl groups excluding tert-OH is 1. The van der Waals surface area contributed by atoms with E-state index in [9.17, 15) is 19.3 Å². The summed E-state index contributed by atoms with van der Waals surface area (Å²) < 4.78 is 50.2. The average molecular weight is 811 g/mol. The Morgan fingerprint density at radius 3 is 2.48 bits per heavy atom. The summed E-state index contributed by atoms with van der Waals surface area (Å²) in [5.74, 6) is -1.89. The second kappa shape index (κ2) is 20.2. The molecule has 2 N–H and O–H groups in total. The second-order valence-electron chi connectivity index (χ2n) is 16.7. The van der Waals surface area contributed by atoms with Crippen LogP contribution in [0.3, 0.4) is 0 Å². The summed E-state index contributed by atoms with van der Waals surface area (Å²) in [7, 11) is 5.40. The molecule has 0 bridgehead atoms. The number of unbranched alkanes of at least 4 members (excludes halogenated alkanes) is 1. The van der Waals surface area contributed by atoms with Crippen LogP contribution in [0.4, 0.5) is 4.79 Å². The molecule has 0 saturated carbocycles. The standard InChI is InChI=1S/C39H67N6O10P/c1-14-27(32-39(10,29(46)15-2)55-36(48)45(32)19-17-16-18-42-43-40)41-22-23(3)21-38(9,50-13)33(25(5)30-26(6)34(47)54-37(7,8)53-30)52-35-31(56-49)28(44(11)12)20-24(4)51-35/h14,23-25,27-29,31-33,35,41,46H,1,15-22H2,2-13H3/t23-,24?,25+,27-,28?,29-,31?,32-,33-,35+,38-,39-/m1/s1. The van der Waals surface area contributed by atoms with Gasteiger partial charge in [-0.2, -0.15) is 0 Å². The molecule has 2 saturated heterocycles. The molecule has 3 aliphatic rings. The molecule has 3 heterocycles. The molecule has 0 radical (unpaired) electrons. The highest BCUT2D eigenvalue weighted by atomic mass is 31.1. The molecule has 0 aromatic carbocycles. The van der Waals surface area contributed by atoms with Gasteiger partial charge in [-0.3, -0.25) is 9.46 Å². The van der Waals surface area contributed by atoms with Gasteiger partial charge in [0.2, 0.25) is 5.79 Å². The van der Waals surface area contributed by atoms with Crippen LogP contribution in [0.15, 0.2) is 29.1 Å². The first-order valence-electron chi connectivity index (χ1n) is 19.8. The Morgan fingerprint density at radius 2 is 1.91 bits per heavy atom. The lowest BCUT2D eigenvalue weighted by atomic mass is 9.80. The van der Waals surface area contributed by atoms with Crippen LogP contribution < -0.4 is 5.32 Å². The van der Waals surface area contributed by atoms with Crippen LogP contribution in [0.2, 0.25) is 0 Å². The molecule has 3 aliphatic heterocycles. The van der Waals surface area contributed by atoms with Crippen molar-refractivity contribution < 1.29 is 47.7 Å². The van der Waals surface area contributed by atoms with Gasteiger partial charge in [0.25, 0.3) is 0 Å². The molecule has 0 aliphatic carbocycles. The molecule has 3 unspecified atom stereocenters. The van der Waals surface area contributed by atoms with Gasteiger partial charge in [0.1, 0.15) is 11.4 Å². The number of amides is 1. The number of ether oxygens (including phenoxy) is 6. The lowest BCUT2D eigenvalue weighted by Gasteiger charge is -2.47. The summed E-state index contributed by atoms with van der Waals surface area (Å²) in [5, 5.41) is 18.4. The summed E-state index contributed by atoms with van der Waals surface area (Å²) in [6.45, 7) is 21.7. The minimum Gasteiger partial charge on any atom is -0.456 e. The van der Waals surface area contributed by atoms with Crippen molar-refractivity contribution in [1.29, 1.82) is 0 Å². The van der Waals surface area contributed by atoms with E-state index in [1.54, 1.807) is 45.8 Å². The topological polar surface area (TPSA) is 194 Å². The van der Waals surface area contributed by atoms with Crippen molar-refractivity contribution in [3.63, 3.8) is 0 Å². The first-order valence-corrected chi connectivity index (χ1v) is 20.6. The average Bonchev–Trinajstić information content (AvgIpc) is 3.40. The fourth-order valence-electron chi connectivity index (χ4n) is 8.48. The number of rotatable bonds is 22. The SMILES string of the molecule is C=C[C@@H](NC[C@H](C)C[C@@](C)(OC)[C@H](O[C@@H]1OC(C)CC(N(C)C)C1P=O)[C@@H](C)C1=C(C)C(=O)OC(C)(C)O1)[C@H]1N(CCCCN=[N+]=[N-])C(=O)O[C@]1(C)[C@H](O)CC. The van der Waals surface area contributed by atoms with Crippen LogP contribution >= 0.6 is 8.46 Å². The van der Waals surface area contributed by atoms with E-state index in [-0.39, 0.29) is 26.5 Å². The zero-order chi connectivity index (χ0) is 42.2. The number of azide groups is 1. The Kier molecular flexibility index (Phi) is 17.2. The largest absolute Gasteiger partial charge is 0.456 e. The highest BCUT2D eigenvalue weighted by Gasteiger charge is 2.57. The van der Waals surface area contributed by atoms with Gasteiger partial charge in [0.05, 0.1) is 35.5 Å². The van der Waals surface area contributed by atoms with Crippen LogP contribution in [0, 0.1) is 11.8 Å². The van der Waals surface area contributed by atoms with E-state index in [4.69, 9.17) is 34.0 Å². The number of nitrogens with zero attached hydrogens (tertiary/aromatic N) is 5. The maximum Gasteiger partial charge on any atom is 0.410 e. The van der Waals surface area contributed by atoms with Crippen molar-refractivity contribution in [3.8, 4) is 0 Å².